The minimum Gasteiger partial charge on any atom is -0.483 e. The van der Waals surface area contributed by atoms with Gasteiger partial charge in [0.1, 0.15) is 0 Å². The summed E-state index contributed by atoms with van der Waals surface area (Å²) in [7, 11) is 0. The van der Waals surface area contributed by atoms with E-state index in [4.69, 9.17) is 9.90 Å². The highest BCUT2D eigenvalue weighted by Gasteiger charge is 2.26. The second-order valence-corrected chi connectivity index (χ2v) is 8.06. The molecular weight excluding hydrogens is 346 g/mol. The molecule has 0 aliphatic carbocycles. The first-order valence-corrected chi connectivity index (χ1v) is 9.45. The van der Waals surface area contributed by atoms with Gasteiger partial charge in [-0.25, -0.2) is 0 Å². The van der Waals surface area contributed by atoms with Gasteiger partial charge >= 0.3 is 0 Å². The van der Waals surface area contributed by atoms with Gasteiger partial charge in [-0.1, -0.05) is 45.0 Å². The second-order valence-electron chi connectivity index (χ2n) is 8.06. The van der Waals surface area contributed by atoms with Gasteiger partial charge in [-0.15, -0.1) is 0 Å². The monoisotopic (exact) mass is 379 g/mol. The molecule has 0 bridgehead atoms. The van der Waals surface area contributed by atoms with Crippen LogP contribution in [0.15, 0.2) is 24.3 Å². The summed E-state index contributed by atoms with van der Waals surface area (Å²) in [5, 5.41) is 26.0. The first-order valence-electron chi connectivity index (χ1n) is 9.45. The van der Waals surface area contributed by atoms with Crippen LogP contribution in [0.5, 0.6) is 0 Å². The van der Waals surface area contributed by atoms with Gasteiger partial charge in [-0.3, -0.25) is 9.59 Å². The van der Waals surface area contributed by atoms with E-state index >= 15 is 0 Å². The molecule has 6 heteroatoms. The molecule has 1 heterocycles. The highest BCUT2D eigenvalue weighted by Crippen LogP contribution is 2.23. The molecule has 2 atom stereocenters. The van der Waals surface area contributed by atoms with E-state index in [1.165, 1.54) is 5.56 Å². The lowest BCUT2D eigenvalue weighted by molar-refractivity contribution is -0.122. The lowest BCUT2D eigenvalue weighted by Gasteiger charge is -2.35. The van der Waals surface area contributed by atoms with E-state index in [1.54, 1.807) is 0 Å². The van der Waals surface area contributed by atoms with Gasteiger partial charge in [-0.05, 0) is 30.4 Å². The Bertz CT molecular complexity index is 579. The van der Waals surface area contributed by atoms with Gasteiger partial charge in [0.2, 0.25) is 0 Å². The maximum Gasteiger partial charge on any atom is 0.290 e. The maximum absolute atomic E-state index is 12.3. The van der Waals surface area contributed by atoms with E-state index in [1.807, 2.05) is 24.3 Å². The number of hydrogen-bond donors (Lipinski definition) is 3. The first-order chi connectivity index (χ1) is 12.7. The number of aliphatic hydroxyl groups is 2. The second kappa shape index (κ2) is 11.2. The fraction of sp³-hybridized carbons (Fsp3) is 0.619. The van der Waals surface area contributed by atoms with Crippen LogP contribution >= 0.6 is 0 Å². The molecule has 1 aliphatic heterocycles. The SMILES string of the molecule is CC(C)(C)c1ccc(C(=O)CCCN2CC[C@@H](O)[C@@H](CO)C2)cc1.O=CO. The molecule has 152 valence electrons. The summed E-state index contributed by atoms with van der Waals surface area (Å²) < 4.78 is 0. The average molecular weight is 379 g/mol. The molecule has 0 amide bonds. The summed E-state index contributed by atoms with van der Waals surface area (Å²) in [6, 6.07) is 7.96. The Hall–Kier alpha value is -1.76. The summed E-state index contributed by atoms with van der Waals surface area (Å²) in [6.45, 7) is 8.67. The van der Waals surface area contributed by atoms with E-state index in [9.17, 15) is 15.0 Å². The van der Waals surface area contributed by atoms with Crippen LogP contribution in [0, 0.1) is 5.92 Å². The number of nitrogens with zero attached hydrogens (tertiary/aromatic N) is 1. The van der Waals surface area contributed by atoms with Crippen LogP contribution in [-0.2, 0) is 10.2 Å². The number of ketones is 1. The highest BCUT2D eigenvalue weighted by molar-refractivity contribution is 5.96. The van der Waals surface area contributed by atoms with Crippen LogP contribution in [-0.4, -0.2) is 64.8 Å². The van der Waals surface area contributed by atoms with Crippen molar-refractivity contribution < 1.29 is 24.9 Å². The third kappa shape index (κ3) is 7.79. The van der Waals surface area contributed by atoms with Crippen LogP contribution in [0.25, 0.3) is 0 Å². The number of aliphatic hydroxyl groups excluding tert-OH is 2. The highest BCUT2D eigenvalue weighted by atomic mass is 16.3. The summed E-state index contributed by atoms with van der Waals surface area (Å²) >= 11 is 0. The number of hydrogen-bond acceptors (Lipinski definition) is 5. The summed E-state index contributed by atoms with van der Waals surface area (Å²) in [4.78, 5) is 22.9. The number of benzene rings is 1. The molecule has 6 nitrogen and oxygen atoms in total. The number of piperidine rings is 1. The van der Waals surface area contributed by atoms with Gasteiger partial charge in [0.05, 0.1) is 6.10 Å². The number of carboxylic acid groups (broad SMARTS) is 1. The molecule has 1 saturated heterocycles. The zero-order chi connectivity index (χ0) is 20.4. The molecule has 1 fully saturated rings. The molecule has 27 heavy (non-hydrogen) atoms. The molecule has 0 radical (unpaired) electrons. The standard InChI is InChI=1S/C20H31NO3.CH2O2/c1-20(2,3)17-8-6-15(7-9-17)18(23)5-4-11-21-12-10-19(24)16(13-21)14-22;2-1-3/h6-9,16,19,22,24H,4-5,10-14H2,1-3H3;1H,(H,2,3)/t16-,19-;/m1./s1. The predicted octanol–water partition coefficient (Wildman–Crippen LogP) is 2.32. The lowest BCUT2D eigenvalue weighted by Crippen LogP contribution is -2.44. The third-order valence-corrected chi connectivity index (χ3v) is 4.96. The van der Waals surface area contributed by atoms with Gasteiger partial charge in [0.15, 0.2) is 5.78 Å². The van der Waals surface area contributed by atoms with E-state index in [0.29, 0.717) is 19.4 Å². The summed E-state index contributed by atoms with van der Waals surface area (Å²) in [5.74, 6) is 0.130. The fourth-order valence-electron chi connectivity index (χ4n) is 3.24. The van der Waals surface area contributed by atoms with Crippen molar-refractivity contribution in [3.05, 3.63) is 35.4 Å². The van der Waals surface area contributed by atoms with Crippen molar-refractivity contribution in [3.63, 3.8) is 0 Å². The maximum atomic E-state index is 12.3. The molecule has 0 spiro atoms. The van der Waals surface area contributed by atoms with Crippen molar-refractivity contribution in [2.45, 2.75) is 51.6 Å². The topological polar surface area (TPSA) is 98.1 Å². The zero-order valence-corrected chi connectivity index (χ0v) is 16.6. The molecular formula is C21H33NO5. The van der Waals surface area contributed by atoms with Crippen molar-refractivity contribution >= 4 is 12.3 Å². The molecule has 1 aromatic rings. The quantitative estimate of drug-likeness (QED) is 0.518. The van der Waals surface area contributed by atoms with Crippen molar-refractivity contribution in [3.8, 4) is 0 Å². The normalized spacial score (nSPS) is 20.5. The van der Waals surface area contributed by atoms with Crippen molar-refractivity contribution in [2.24, 2.45) is 5.92 Å². The Morgan fingerprint density at radius 3 is 2.37 bits per heavy atom. The van der Waals surface area contributed by atoms with Gasteiger partial charge < -0.3 is 20.2 Å². The van der Waals surface area contributed by atoms with E-state index in [-0.39, 0.29) is 30.2 Å². The minimum absolute atomic E-state index is 0.0245. The van der Waals surface area contributed by atoms with Gasteiger partial charge in [0, 0.05) is 37.6 Å². The number of rotatable bonds is 6. The average Bonchev–Trinajstić information content (AvgIpc) is 2.63. The zero-order valence-electron chi connectivity index (χ0n) is 16.6. The largest absolute Gasteiger partial charge is 0.483 e. The van der Waals surface area contributed by atoms with Gasteiger partial charge in [0.25, 0.3) is 6.47 Å². The van der Waals surface area contributed by atoms with Gasteiger partial charge in [-0.2, -0.15) is 0 Å². The Kier molecular flexibility index (Phi) is 9.63. The smallest absolute Gasteiger partial charge is 0.290 e. The molecule has 1 aromatic carbocycles. The Labute approximate surface area is 161 Å². The molecule has 0 unspecified atom stereocenters. The lowest BCUT2D eigenvalue weighted by atomic mass is 9.86. The Morgan fingerprint density at radius 2 is 1.85 bits per heavy atom. The third-order valence-electron chi connectivity index (χ3n) is 4.96. The van der Waals surface area contributed by atoms with E-state index in [2.05, 4.69) is 25.7 Å². The van der Waals surface area contributed by atoms with Crippen LogP contribution in [0.3, 0.4) is 0 Å². The molecule has 0 aromatic heterocycles. The van der Waals surface area contributed by atoms with Crippen LogP contribution in [0.4, 0.5) is 0 Å². The van der Waals surface area contributed by atoms with E-state index in [0.717, 1.165) is 25.1 Å². The minimum atomic E-state index is -0.394. The molecule has 3 N–H and O–H groups in total. The van der Waals surface area contributed by atoms with Crippen LogP contribution in [0.1, 0.15) is 56.0 Å². The fourth-order valence-corrected chi connectivity index (χ4v) is 3.24. The molecule has 0 saturated carbocycles. The number of Topliss-reactive ketones (excluding diaryl/α,β-unsaturated/α-hetero) is 1. The predicted molar refractivity (Wildman–Crippen MR) is 105 cm³/mol. The van der Waals surface area contributed by atoms with Crippen LogP contribution in [0.2, 0.25) is 0 Å². The molecule has 1 aliphatic rings. The van der Waals surface area contributed by atoms with Crippen molar-refractivity contribution in [1.29, 1.82) is 0 Å². The Morgan fingerprint density at radius 1 is 1.26 bits per heavy atom. The number of carbonyl (C=O) groups is 2. The number of carbonyl (C=O) groups excluding carboxylic acids is 1. The summed E-state index contributed by atoms with van der Waals surface area (Å²) in [5.41, 5.74) is 2.12. The van der Waals surface area contributed by atoms with Crippen molar-refractivity contribution in [2.75, 3.05) is 26.2 Å². The van der Waals surface area contributed by atoms with E-state index < -0.39 is 6.10 Å². The van der Waals surface area contributed by atoms with Crippen molar-refractivity contribution in [1.82, 2.24) is 4.90 Å². The number of likely N-dealkylation sites (tertiary alicyclic amines) is 1. The Balaban J connectivity index is 0.00000114. The van der Waals surface area contributed by atoms with Crippen LogP contribution < -0.4 is 0 Å². The summed E-state index contributed by atoms with van der Waals surface area (Å²) in [6.07, 6.45) is 1.66. The molecule has 2 rings (SSSR count). The first kappa shape index (κ1) is 23.3.